The maximum absolute atomic E-state index is 12.0. The van der Waals surface area contributed by atoms with Crippen molar-refractivity contribution in [2.75, 3.05) is 6.54 Å². The fraction of sp³-hybridized carbons (Fsp3) is 0.500. The van der Waals surface area contributed by atoms with E-state index in [0.29, 0.717) is 12.1 Å². The van der Waals surface area contributed by atoms with Gasteiger partial charge < -0.3 is 10.6 Å². The normalized spacial score (nSPS) is 18.6. The molecule has 0 aliphatic carbocycles. The lowest BCUT2D eigenvalue weighted by Gasteiger charge is -2.22. The molecular weight excluding hydrogens is 258 g/mol. The van der Waals surface area contributed by atoms with E-state index in [0.717, 1.165) is 31.4 Å². The van der Waals surface area contributed by atoms with Crippen LogP contribution in [0, 0.1) is 17.0 Å². The molecule has 1 atom stereocenters. The highest BCUT2D eigenvalue weighted by Gasteiger charge is 2.20. The number of nitro benzene ring substituents is 1. The van der Waals surface area contributed by atoms with E-state index in [1.807, 2.05) is 0 Å². The summed E-state index contributed by atoms with van der Waals surface area (Å²) in [7, 11) is 0. The Balaban J connectivity index is 1.98. The second kappa shape index (κ2) is 6.47. The maximum Gasteiger partial charge on any atom is 0.272 e. The number of nitrogens with zero attached hydrogens (tertiary/aromatic N) is 1. The first-order chi connectivity index (χ1) is 9.59. The molecule has 0 bridgehead atoms. The molecule has 0 spiro atoms. The van der Waals surface area contributed by atoms with E-state index in [9.17, 15) is 14.9 Å². The highest BCUT2D eigenvalue weighted by molar-refractivity contribution is 5.81. The molecule has 6 nitrogen and oxygen atoms in total. The van der Waals surface area contributed by atoms with Gasteiger partial charge in [-0.1, -0.05) is 18.6 Å². The number of hydrogen-bond donors (Lipinski definition) is 2. The van der Waals surface area contributed by atoms with Crippen LogP contribution >= 0.6 is 0 Å². The number of nitro groups is 1. The lowest BCUT2D eigenvalue weighted by Crippen LogP contribution is -2.46. The number of hydrogen-bond acceptors (Lipinski definition) is 4. The Bertz CT molecular complexity index is 510. The molecule has 0 aromatic heterocycles. The van der Waals surface area contributed by atoms with Gasteiger partial charge in [-0.05, 0) is 31.9 Å². The molecule has 2 N–H and O–H groups in total. The van der Waals surface area contributed by atoms with E-state index in [4.69, 9.17) is 0 Å². The quantitative estimate of drug-likeness (QED) is 0.647. The molecule has 1 heterocycles. The first-order valence-electron chi connectivity index (χ1n) is 6.83. The van der Waals surface area contributed by atoms with Crippen molar-refractivity contribution in [1.82, 2.24) is 10.6 Å². The lowest BCUT2D eigenvalue weighted by atomic mass is 10.0. The van der Waals surface area contributed by atoms with Gasteiger partial charge in [-0.25, -0.2) is 0 Å². The summed E-state index contributed by atoms with van der Waals surface area (Å²) < 4.78 is 0. The van der Waals surface area contributed by atoms with E-state index >= 15 is 0 Å². The smallest absolute Gasteiger partial charge is 0.272 e. The van der Waals surface area contributed by atoms with Crippen molar-refractivity contribution < 1.29 is 9.72 Å². The molecule has 6 heteroatoms. The number of nitrogens with one attached hydrogen (secondary N) is 2. The van der Waals surface area contributed by atoms with Gasteiger partial charge in [-0.2, -0.15) is 0 Å². The zero-order valence-corrected chi connectivity index (χ0v) is 11.5. The van der Waals surface area contributed by atoms with Crippen LogP contribution < -0.4 is 10.6 Å². The van der Waals surface area contributed by atoms with E-state index in [-0.39, 0.29) is 17.6 Å². The van der Waals surface area contributed by atoms with Gasteiger partial charge in [0.1, 0.15) is 0 Å². The van der Waals surface area contributed by atoms with Crippen LogP contribution in [0.1, 0.15) is 30.4 Å². The Kier molecular flexibility index (Phi) is 4.68. The molecule has 1 aliphatic heterocycles. The highest BCUT2D eigenvalue weighted by atomic mass is 16.6. The van der Waals surface area contributed by atoms with Crippen LogP contribution in [0.3, 0.4) is 0 Å². The monoisotopic (exact) mass is 277 g/mol. The van der Waals surface area contributed by atoms with Gasteiger partial charge in [0.05, 0.1) is 11.0 Å². The minimum Gasteiger partial charge on any atom is -0.351 e. The van der Waals surface area contributed by atoms with Crippen LogP contribution in [-0.2, 0) is 11.3 Å². The molecule has 1 amide bonds. The van der Waals surface area contributed by atoms with E-state index in [2.05, 4.69) is 10.6 Å². The molecular formula is C14H19N3O3. The van der Waals surface area contributed by atoms with Gasteiger partial charge >= 0.3 is 0 Å². The molecule has 0 saturated carbocycles. The van der Waals surface area contributed by atoms with Crippen molar-refractivity contribution in [2.24, 2.45) is 0 Å². The molecule has 0 unspecified atom stereocenters. The number of piperidine rings is 1. The average molecular weight is 277 g/mol. The summed E-state index contributed by atoms with van der Waals surface area (Å²) in [5.41, 5.74) is 1.48. The van der Waals surface area contributed by atoms with Gasteiger partial charge in [0, 0.05) is 18.2 Å². The molecule has 20 heavy (non-hydrogen) atoms. The van der Waals surface area contributed by atoms with Crippen molar-refractivity contribution in [3.8, 4) is 0 Å². The number of rotatable bonds is 4. The second-order valence-electron chi connectivity index (χ2n) is 5.04. The molecule has 1 aliphatic rings. The third kappa shape index (κ3) is 3.33. The Labute approximate surface area is 117 Å². The number of amides is 1. The SMILES string of the molecule is Cc1c(CNC(=O)[C@H]2CCCCN2)cccc1[N+](=O)[O-]. The fourth-order valence-electron chi connectivity index (χ4n) is 2.44. The van der Waals surface area contributed by atoms with Gasteiger partial charge in [-0.15, -0.1) is 0 Å². The molecule has 1 aromatic rings. The third-order valence-electron chi connectivity index (χ3n) is 3.69. The van der Waals surface area contributed by atoms with Crippen molar-refractivity contribution in [1.29, 1.82) is 0 Å². The van der Waals surface area contributed by atoms with Gasteiger partial charge in [0.25, 0.3) is 5.69 Å². The summed E-state index contributed by atoms with van der Waals surface area (Å²) in [4.78, 5) is 22.5. The predicted molar refractivity (Wildman–Crippen MR) is 75.3 cm³/mol. The van der Waals surface area contributed by atoms with Crippen LogP contribution in [0.5, 0.6) is 0 Å². The van der Waals surface area contributed by atoms with E-state index < -0.39 is 4.92 Å². The van der Waals surface area contributed by atoms with Crippen molar-refractivity contribution in [3.05, 3.63) is 39.4 Å². The number of carbonyl (C=O) groups is 1. The zero-order chi connectivity index (χ0) is 14.5. The first kappa shape index (κ1) is 14.5. The molecule has 108 valence electrons. The largest absolute Gasteiger partial charge is 0.351 e. The molecule has 0 radical (unpaired) electrons. The minimum atomic E-state index is -0.399. The lowest BCUT2D eigenvalue weighted by molar-refractivity contribution is -0.385. The molecule has 1 fully saturated rings. The van der Waals surface area contributed by atoms with E-state index in [1.54, 1.807) is 19.1 Å². The van der Waals surface area contributed by atoms with Crippen LogP contribution in [0.25, 0.3) is 0 Å². The summed E-state index contributed by atoms with van der Waals surface area (Å²) in [5.74, 6) is -0.0318. The average Bonchev–Trinajstić information content (AvgIpc) is 2.46. The van der Waals surface area contributed by atoms with Crippen LogP contribution in [0.2, 0.25) is 0 Å². The molecule has 2 rings (SSSR count). The third-order valence-corrected chi connectivity index (χ3v) is 3.69. The molecule has 1 saturated heterocycles. The van der Waals surface area contributed by atoms with Crippen LogP contribution in [0.4, 0.5) is 5.69 Å². The summed E-state index contributed by atoms with van der Waals surface area (Å²) in [6, 6.07) is 4.79. The summed E-state index contributed by atoms with van der Waals surface area (Å²) >= 11 is 0. The highest BCUT2D eigenvalue weighted by Crippen LogP contribution is 2.20. The van der Waals surface area contributed by atoms with Crippen molar-refractivity contribution >= 4 is 11.6 Å². The molecule has 1 aromatic carbocycles. The van der Waals surface area contributed by atoms with Crippen molar-refractivity contribution in [2.45, 2.75) is 38.8 Å². The fourth-order valence-corrected chi connectivity index (χ4v) is 2.44. The number of benzene rings is 1. The Morgan fingerprint density at radius 2 is 2.30 bits per heavy atom. The Hall–Kier alpha value is -1.95. The zero-order valence-electron chi connectivity index (χ0n) is 11.5. The summed E-state index contributed by atoms with van der Waals surface area (Å²) in [6.07, 6.45) is 3.01. The second-order valence-corrected chi connectivity index (χ2v) is 5.04. The summed E-state index contributed by atoms with van der Waals surface area (Å²) in [6.45, 7) is 2.90. The maximum atomic E-state index is 12.0. The van der Waals surface area contributed by atoms with E-state index in [1.165, 1.54) is 6.07 Å². The van der Waals surface area contributed by atoms with Gasteiger partial charge in [0.15, 0.2) is 0 Å². The minimum absolute atomic E-state index is 0.0318. The number of carbonyl (C=O) groups excluding carboxylic acids is 1. The topological polar surface area (TPSA) is 84.3 Å². The Morgan fingerprint density at radius 1 is 1.50 bits per heavy atom. The van der Waals surface area contributed by atoms with Crippen LogP contribution in [-0.4, -0.2) is 23.4 Å². The van der Waals surface area contributed by atoms with Crippen molar-refractivity contribution in [3.63, 3.8) is 0 Å². The van der Waals surface area contributed by atoms with Crippen LogP contribution in [0.15, 0.2) is 18.2 Å². The summed E-state index contributed by atoms with van der Waals surface area (Å²) in [5, 5.41) is 16.9. The predicted octanol–water partition coefficient (Wildman–Crippen LogP) is 1.66. The van der Waals surface area contributed by atoms with Gasteiger partial charge in [0.2, 0.25) is 5.91 Å². The Morgan fingerprint density at radius 3 is 2.95 bits per heavy atom. The standard InChI is InChI=1S/C14H19N3O3/c1-10-11(5-4-7-13(10)17(19)20)9-16-14(18)12-6-2-3-8-15-12/h4-5,7,12,15H,2-3,6,8-9H2,1H3,(H,16,18)/t12-/m1/s1. The van der Waals surface area contributed by atoms with Gasteiger partial charge in [-0.3, -0.25) is 14.9 Å². The first-order valence-corrected chi connectivity index (χ1v) is 6.83.